The first-order valence-corrected chi connectivity index (χ1v) is 9.72. The highest BCUT2D eigenvalue weighted by atomic mass is 16.6. The van der Waals surface area contributed by atoms with Gasteiger partial charge in [0.15, 0.2) is 0 Å². The fraction of sp³-hybridized carbons (Fsp3) is 0.238. The van der Waals surface area contributed by atoms with Gasteiger partial charge >= 0.3 is 0 Å². The van der Waals surface area contributed by atoms with Crippen molar-refractivity contribution in [2.75, 3.05) is 26.4 Å². The summed E-state index contributed by atoms with van der Waals surface area (Å²) in [5, 5.41) is 41.6. The molecule has 2 N–H and O–H groups in total. The maximum absolute atomic E-state index is 12.8. The summed E-state index contributed by atoms with van der Waals surface area (Å²) < 4.78 is 5.19. The lowest BCUT2D eigenvalue weighted by molar-refractivity contribution is -0.385. The highest BCUT2D eigenvalue weighted by Gasteiger charge is 2.46. The average Bonchev–Trinajstić information content (AvgIpc) is 3.06. The molecule has 3 rings (SSSR count). The summed E-state index contributed by atoms with van der Waals surface area (Å²) in [7, 11) is 0. The monoisotopic (exact) mass is 457 g/mol. The van der Waals surface area contributed by atoms with Crippen molar-refractivity contribution >= 4 is 28.8 Å². The van der Waals surface area contributed by atoms with E-state index < -0.39 is 33.3 Å². The number of nitro benzene ring substituents is 2. The summed E-state index contributed by atoms with van der Waals surface area (Å²) in [6.45, 7) is -0.266. The van der Waals surface area contributed by atoms with Crippen molar-refractivity contribution in [1.82, 2.24) is 4.90 Å². The molecule has 1 aliphatic heterocycles. The SMILES string of the molecule is O=C1C(=O)N(CCOCCO)[C@H](c2ccc([N+](=O)[O-])cc2)/C1=C(\O)c1ccc([N+](=O)[O-])cc1. The molecule has 12 nitrogen and oxygen atoms in total. The Morgan fingerprint density at radius 1 is 0.939 bits per heavy atom. The molecule has 2 aromatic rings. The Balaban J connectivity index is 2.07. The van der Waals surface area contributed by atoms with Gasteiger partial charge in [0, 0.05) is 36.4 Å². The van der Waals surface area contributed by atoms with E-state index in [4.69, 9.17) is 9.84 Å². The number of Topliss-reactive ketones (excluding diaryl/α,β-unsaturated/α-hetero) is 1. The van der Waals surface area contributed by atoms with E-state index in [0.29, 0.717) is 5.56 Å². The number of hydrogen-bond acceptors (Lipinski definition) is 9. The summed E-state index contributed by atoms with van der Waals surface area (Å²) in [6, 6.07) is 8.89. The molecule has 33 heavy (non-hydrogen) atoms. The average molecular weight is 457 g/mol. The number of nitro groups is 2. The number of benzene rings is 2. The Labute approximate surface area is 186 Å². The molecule has 12 heteroatoms. The number of likely N-dealkylation sites (tertiary alicyclic amines) is 1. The number of carbonyl (C=O) groups excluding carboxylic acids is 2. The topological polar surface area (TPSA) is 173 Å². The Morgan fingerprint density at radius 3 is 2.00 bits per heavy atom. The smallest absolute Gasteiger partial charge is 0.295 e. The fourth-order valence-corrected chi connectivity index (χ4v) is 3.46. The molecule has 0 aromatic heterocycles. The number of rotatable bonds is 9. The summed E-state index contributed by atoms with van der Waals surface area (Å²) in [6.07, 6.45) is 0. The Morgan fingerprint density at radius 2 is 1.48 bits per heavy atom. The summed E-state index contributed by atoms with van der Waals surface area (Å²) in [4.78, 5) is 47.4. The molecular formula is C21H19N3O9. The van der Waals surface area contributed by atoms with Gasteiger partial charge in [-0.3, -0.25) is 29.8 Å². The summed E-state index contributed by atoms with van der Waals surface area (Å²) in [5.41, 5.74) is -0.255. The van der Waals surface area contributed by atoms with E-state index in [9.17, 15) is 34.9 Å². The molecule has 1 aliphatic rings. The third-order valence-electron chi connectivity index (χ3n) is 5.02. The van der Waals surface area contributed by atoms with E-state index in [1.54, 1.807) is 0 Å². The normalized spacial score (nSPS) is 17.4. The minimum atomic E-state index is -1.07. The molecule has 1 amide bonds. The van der Waals surface area contributed by atoms with E-state index in [-0.39, 0.29) is 48.9 Å². The Bertz CT molecular complexity index is 1110. The summed E-state index contributed by atoms with van der Waals surface area (Å²) in [5.74, 6) is -2.42. The van der Waals surface area contributed by atoms with Crippen LogP contribution in [0.3, 0.4) is 0 Å². The quantitative estimate of drug-likeness (QED) is 0.142. The van der Waals surface area contributed by atoms with Crippen LogP contribution in [0.2, 0.25) is 0 Å². The van der Waals surface area contributed by atoms with E-state index in [1.807, 2.05) is 0 Å². The van der Waals surface area contributed by atoms with Gasteiger partial charge in [-0.15, -0.1) is 0 Å². The van der Waals surface area contributed by atoms with Crippen molar-refractivity contribution in [3.05, 3.63) is 85.5 Å². The van der Waals surface area contributed by atoms with Crippen LogP contribution in [0.25, 0.3) is 5.76 Å². The van der Waals surface area contributed by atoms with Gasteiger partial charge < -0.3 is 19.8 Å². The fourth-order valence-electron chi connectivity index (χ4n) is 3.46. The minimum Gasteiger partial charge on any atom is -0.507 e. The molecular weight excluding hydrogens is 438 g/mol. The lowest BCUT2D eigenvalue weighted by Gasteiger charge is -2.25. The molecule has 1 heterocycles. The van der Waals surface area contributed by atoms with E-state index in [1.165, 1.54) is 36.4 Å². The van der Waals surface area contributed by atoms with E-state index in [0.717, 1.165) is 17.0 Å². The van der Waals surface area contributed by atoms with E-state index >= 15 is 0 Å². The number of non-ortho nitro benzene ring substituents is 2. The second kappa shape index (κ2) is 9.97. The van der Waals surface area contributed by atoms with Gasteiger partial charge in [0.2, 0.25) is 0 Å². The number of ether oxygens (including phenoxy) is 1. The van der Waals surface area contributed by atoms with Crippen molar-refractivity contribution in [2.45, 2.75) is 6.04 Å². The minimum absolute atomic E-state index is 0.00532. The molecule has 1 fully saturated rings. The molecule has 1 saturated heterocycles. The van der Waals surface area contributed by atoms with Crippen LogP contribution < -0.4 is 0 Å². The van der Waals surface area contributed by atoms with Gasteiger partial charge in [-0.25, -0.2) is 0 Å². The van der Waals surface area contributed by atoms with Gasteiger partial charge in [-0.2, -0.15) is 0 Å². The third kappa shape index (κ3) is 4.86. The molecule has 2 aromatic carbocycles. The molecule has 172 valence electrons. The van der Waals surface area contributed by atoms with Crippen LogP contribution >= 0.6 is 0 Å². The van der Waals surface area contributed by atoms with Crippen LogP contribution in [0.15, 0.2) is 54.1 Å². The van der Waals surface area contributed by atoms with Gasteiger partial charge in [-0.05, 0) is 29.8 Å². The Hall–Kier alpha value is -4.16. The molecule has 0 aliphatic carbocycles. The van der Waals surface area contributed by atoms with Crippen molar-refractivity contribution in [3.8, 4) is 0 Å². The van der Waals surface area contributed by atoms with Crippen LogP contribution in [-0.4, -0.2) is 63.0 Å². The zero-order valence-corrected chi connectivity index (χ0v) is 17.1. The number of carbonyl (C=O) groups is 2. The highest BCUT2D eigenvalue weighted by Crippen LogP contribution is 2.39. The van der Waals surface area contributed by atoms with Gasteiger partial charge in [0.25, 0.3) is 23.1 Å². The predicted octanol–water partition coefficient (Wildman–Crippen LogP) is 1.93. The van der Waals surface area contributed by atoms with Crippen LogP contribution in [0, 0.1) is 20.2 Å². The maximum Gasteiger partial charge on any atom is 0.295 e. The number of aliphatic hydroxyl groups excluding tert-OH is 2. The van der Waals surface area contributed by atoms with Crippen molar-refractivity contribution in [1.29, 1.82) is 0 Å². The number of nitrogens with zero attached hydrogens (tertiary/aromatic N) is 3. The second-order valence-electron chi connectivity index (χ2n) is 6.98. The maximum atomic E-state index is 12.8. The molecule has 0 saturated carbocycles. The number of amides is 1. The van der Waals surface area contributed by atoms with E-state index in [2.05, 4.69) is 0 Å². The van der Waals surface area contributed by atoms with Crippen LogP contribution in [0.5, 0.6) is 0 Å². The number of hydrogen-bond donors (Lipinski definition) is 2. The standard InChI is InChI=1S/C21H19N3O9/c25-10-12-33-11-9-22-18(13-1-5-15(6-2-13)23(29)30)17(20(27)21(22)28)19(26)14-3-7-16(8-4-14)24(31)32/h1-8,18,25-26H,9-12H2/b19-17+/t18-/m1/s1. The van der Waals surface area contributed by atoms with Gasteiger partial charge in [0.1, 0.15) is 5.76 Å². The highest BCUT2D eigenvalue weighted by molar-refractivity contribution is 6.46. The second-order valence-corrected chi connectivity index (χ2v) is 6.98. The Kier molecular flexibility index (Phi) is 7.10. The van der Waals surface area contributed by atoms with Crippen LogP contribution in [0.4, 0.5) is 11.4 Å². The first-order valence-electron chi connectivity index (χ1n) is 9.72. The largest absolute Gasteiger partial charge is 0.507 e. The molecule has 1 atom stereocenters. The summed E-state index contributed by atoms with van der Waals surface area (Å²) >= 11 is 0. The van der Waals surface area contributed by atoms with Gasteiger partial charge in [0.05, 0.1) is 41.3 Å². The van der Waals surface area contributed by atoms with Crippen LogP contribution in [-0.2, 0) is 14.3 Å². The first kappa shape index (κ1) is 23.5. The third-order valence-corrected chi connectivity index (χ3v) is 5.02. The number of ketones is 1. The zero-order valence-electron chi connectivity index (χ0n) is 17.1. The molecule has 0 spiro atoms. The van der Waals surface area contributed by atoms with Gasteiger partial charge in [-0.1, -0.05) is 0 Å². The van der Waals surface area contributed by atoms with Crippen molar-refractivity contribution in [2.24, 2.45) is 0 Å². The zero-order chi connectivity index (χ0) is 24.1. The van der Waals surface area contributed by atoms with Crippen molar-refractivity contribution < 1.29 is 34.4 Å². The lowest BCUT2D eigenvalue weighted by Crippen LogP contribution is -2.33. The van der Waals surface area contributed by atoms with Crippen molar-refractivity contribution in [3.63, 3.8) is 0 Å². The molecule has 0 unspecified atom stereocenters. The lowest BCUT2D eigenvalue weighted by atomic mass is 9.95. The first-order chi connectivity index (χ1) is 15.8. The van der Waals surface area contributed by atoms with Crippen LogP contribution in [0.1, 0.15) is 17.2 Å². The predicted molar refractivity (Wildman–Crippen MR) is 113 cm³/mol. The molecule has 0 bridgehead atoms. The molecule has 0 radical (unpaired) electrons. The number of aliphatic hydroxyl groups is 2.